The average Bonchev–Trinajstić information content (AvgIpc) is 3.39. The van der Waals surface area contributed by atoms with Gasteiger partial charge in [-0.2, -0.15) is 13.2 Å². The molecule has 1 N–H and O–H groups in total. The maximum Gasteiger partial charge on any atom is 0.419 e. The Morgan fingerprint density at radius 1 is 1.25 bits per heavy atom. The van der Waals surface area contributed by atoms with Gasteiger partial charge in [-0.05, 0) is 43.5 Å². The predicted molar refractivity (Wildman–Crippen MR) is 122 cm³/mol. The molecule has 5 nitrogen and oxygen atoms in total. The molecular weight excluding hydrogens is 503 g/mol. The molecule has 0 radical (unpaired) electrons. The molecule has 0 saturated carbocycles. The van der Waals surface area contributed by atoms with E-state index in [9.17, 15) is 31.5 Å². The van der Waals surface area contributed by atoms with E-state index in [1.807, 2.05) is 6.92 Å². The SMILES string of the molecule is C#CC[C@@H]1C[C@H](C(=O)N[C@@H](c2cc(F)c(C(F)(F)F)cc2F)C2COC2)N(C(=O)c2ccc(C)s2)C1. The largest absolute Gasteiger partial charge is 0.419 e. The Hall–Kier alpha value is -2.97. The normalized spacial score (nSPS) is 21.1. The molecule has 0 spiro atoms. The number of hydrogen-bond donors (Lipinski definition) is 1. The Balaban J connectivity index is 1.62. The molecule has 4 rings (SSSR count). The molecule has 36 heavy (non-hydrogen) atoms. The number of hydrogen-bond acceptors (Lipinski definition) is 4. The number of carbonyl (C=O) groups is 2. The summed E-state index contributed by atoms with van der Waals surface area (Å²) in [5.74, 6) is -1.97. The number of alkyl halides is 3. The highest BCUT2D eigenvalue weighted by Gasteiger charge is 2.43. The van der Waals surface area contributed by atoms with Crippen LogP contribution in [-0.2, 0) is 15.7 Å². The van der Waals surface area contributed by atoms with Crippen LogP contribution >= 0.6 is 11.3 Å². The number of amides is 2. The van der Waals surface area contributed by atoms with E-state index in [4.69, 9.17) is 11.2 Å². The predicted octanol–water partition coefficient (Wildman–Crippen LogP) is 4.71. The number of carbonyl (C=O) groups excluding carboxylic acids is 2. The van der Waals surface area contributed by atoms with E-state index in [2.05, 4.69) is 11.2 Å². The Kier molecular flexibility index (Phi) is 7.38. The summed E-state index contributed by atoms with van der Waals surface area (Å²) < 4.78 is 73.3. The molecule has 11 heteroatoms. The van der Waals surface area contributed by atoms with Gasteiger partial charge in [-0.1, -0.05) is 0 Å². The van der Waals surface area contributed by atoms with Gasteiger partial charge in [0.05, 0.1) is 29.7 Å². The molecule has 0 aliphatic carbocycles. The van der Waals surface area contributed by atoms with Gasteiger partial charge < -0.3 is 15.0 Å². The molecule has 0 unspecified atom stereocenters. The van der Waals surface area contributed by atoms with Gasteiger partial charge in [0.1, 0.15) is 17.7 Å². The number of terminal acetylenes is 1. The number of ether oxygens (including phenoxy) is 1. The lowest BCUT2D eigenvalue weighted by Gasteiger charge is -2.36. The molecule has 3 heterocycles. The second kappa shape index (κ2) is 10.2. The number of aryl methyl sites for hydroxylation is 1. The van der Waals surface area contributed by atoms with Crippen LogP contribution in [0.5, 0.6) is 0 Å². The van der Waals surface area contributed by atoms with Crippen molar-refractivity contribution in [3.8, 4) is 12.3 Å². The molecule has 0 bridgehead atoms. The minimum absolute atomic E-state index is 0.0941. The first-order valence-electron chi connectivity index (χ1n) is 11.2. The van der Waals surface area contributed by atoms with Gasteiger partial charge in [-0.25, -0.2) is 8.78 Å². The van der Waals surface area contributed by atoms with Crippen molar-refractivity contribution < 1.29 is 36.3 Å². The van der Waals surface area contributed by atoms with E-state index in [0.717, 1.165) is 4.88 Å². The van der Waals surface area contributed by atoms with Crippen molar-refractivity contribution in [2.24, 2.45) is 11.8 Å². The van der Waals surface area contributed by atoms with Gasteiger partial charge in [0, 0.05) is 29.3 Å². The second-order valence-electron chi connectivity index (χ2n) is 9.03. The molecule has 3 atom stereocenters. The Morgan fingerprint density at radius 3 is 2.53 bits per heavy atom. The van der Waals surface area contributed by atoms with Crippen LogP contribution in [0.4, 0.5) is 22.0 Å². The minimum Gasteiger partial charge on any atom is -0.381 e. The van der Waals surface area contributed by atoms with Gasteiger partial charge in [0.25, 0.3) is 5.91 Å². The van der Waals surface area contributed by atoms with E-state index >= 15 is 0 Å². The standard InChI is InChI=1S/C25H23F5N2O3S/c1-3-4-14-7-20(32(10-14)24(34)21-6-5-13(2)36-21)23(33)31-22(15-11-35-12-15)16-8-19(27)17(9-18(16)26)25(28,29)30/h1,5-6,8-9,14-15,20,22H,4,7,10-12H2,2H3,(H,31,33)/t14-,20-,22-/m1/s1. The first kappa shape index (κ1) is 26.1. The minimum atomic E-state index is -5.07. The summed E-state index contributed by atoms with van der Waals surface area (Å²) >= 11 is 1.28. The first-order chi connectivity index (χ1) is 17.0. The van der Waals surface area contributed by atoms with Crippen molar-refractivity contribution in [1.29, 1.82) is 0 Å². The summed E-state index contributed by atoms with van der Waals surface area (Å²) in [6.07, 6.45) is 0.978. The second-order valence-corrected chi connectivity index (χ2v) is 10.3. The fraction of sp³-hybridized carbons (Fsp3) is 0.440. The van der Waals surface area contributed by atoms with Crippen molar-refractivity contribution in [2.75, 3.05) is 19.8 Å². The molecule has 2 aliphatic rings. The molecule has 2 fully saturated rings. The van der Waals surface area contributed by atoms with E-state index < -0.39 is 52.8 Å². The van der Waals surface area contributed by atoms with Gasteiger partial charge in [0.15, 0.2) is 0 Å². The van der Waals surface area contributed by atoms with Crippen molar-refractivity contribution in [1.82, 2.24) is 10.2 Å². The van der Waals surface area contributed by atoms with Crippen LogP contribution in [0.1, 0.15) is 44.6 Å². The topological polar surface area (TPSA) is 58.6 Å². The van der Waals surface area contributed by atoms with E-state index in [1.165, 1.54) is 16.2 Å². The third kappa shape index (κ3) is 5.25. The van der Waals surface area contributed by atoms with Crippen LogP contribution in [0.25, 0.3) is 0 Å². The summed E-state index contributed by atoms with van der Waals surface area (Å²) in [6.45, 7) is 2.31. The summed E-state index contributed by atoms with van der Waals surface area (Å²) in [6, 6.07) is 1.95. The van der Waals surface area contributed by atoms with Crippen LogP contribution in [0, 0.1) is 42.7 Å². The number of halogens is 5. The van der Waals surface area contributed by atoms with Crippen molar-refractivity contribution >= 4 is 23.2 Å². The van der Waals surface area contributed by atoms with Gasteiger partial charge in [-0.15, -0.1) is 23.7 Å². The van der Waals surface area contributed by atoms with Crippen molar-refractivity contribution in [3.63, 3.8) is 0 Å². The van der Waals surface area contributed by atoms with Crippen LogP contribution in [0.15, 0.2) is 24.3 Å². The average molecular weight is 527 g/mol. The molecule has 1 aromatic carbocycles. The molecule has 192 valence electrons. The smallest absolute Gasteiger partial charge is 0.381 e. The lowest BCUT2D eigenvalue weighted by atomic mass is 9.89. The third-order valence-corrected chi connectivity index (χ3v) is 7.46. The Morgan fingerprint density at radius 2 is 1.97 bits per heavy atom. The quantitative estimate of drug-likeness (QED) is 0.438. The molecular formula is C25H23F5N2O3S. The summed E-state index contributed by atoms with van der Waals surface area (Å²) in [5, 5.41) is 2.66. The Labute approximate surface area is 208 Å². The zero-order chi connectivity index (χ0) is 26.2. The zero-order valence-electron chi connectivity index (χ0n) is 19.2. The molecule has 2 aliphatic heterocycles. The number of rotatable bonds is 6. The van der Waals surface area contributed by atoms with Crippen LogP contribution in [0.2, 0.25) is 0 Å². The van der Waals surface area contributed by atoms with Crippen molar-refractivity contribution in [3.05, 3.63) is 56.8 Å². The number of nitrogens with zero attached hydrogens (tertiary/aromatic N) is 1. The Bertz CT molecular complexity index is 1200. The summed E-state index contributed by atoms with van der Waals surface area (Å²) in [4.78, 5) is 29.4. The fourth-order valence-corrected chi connectivity index (χ4v) is 5.39. The van der Waals surface area contributed by atoms with Crippen LogP contribution in [0.3, 0.4) is 0 Å². The number of thiophene rings is 1. The molecule has 2 amide bonds. The lowest BCUT2D eigenvalue weighted by molar-refractivity contribution is -0.140. The summed E-state index contributed by atoms with van der Waals surface area (Å²) in [7, 11) is 0. The van der Waals surface area contributed by atoms with Gasteiger partial charge in [-0.3, -0.25) is 9.59 Å². The van der Waals surface area contributed by atoms with Gasteiger partial charge in [0.2, 0.25) is 5.91 Å². The summed E-state index contributed by atoms with van der Waals surface area (Å²) in [5.41, 5.74) is -2.14. The monoisotopic (exact) mass is 526 g/mol. The maximum absolute atomic E-state index is 14.8. The highest BCUT2D eigenvalue weighted by Crippen LogP contribution is 2.37. The van der Waals surface area contributed by atoms with E-state index in [-0.39, 0.29) is 44.1 Å². The highest BCUT2D eigenvalue weighted by atomic mass is 32.1. The van der Waals surface area contributed by atoms with Gasteiger partial charge >= 0.3 is 6.18 Å². The number of likely N-dealkylation sites (tertiary alicyclic amines) is 1. The van der Waals surface area contributed by atoms with Crippen molar-refractivity contribution in [2.45, 2.75) is 38.0 Å². The van der Waals surface area contributed by atoms with Crippen LogP contribution in [-0.4, -0.2) is 42.5 Å². The molecule has 2 saturated heterocycles. The maximum atomic E-state index is 14.8. The molecule has 1 aromatic heterocycles. The van der Waals surface area contributed by atoms with E-state index in [1.54, 1.807) is 12.1 Å². The zero-order valence-corrected chi connectivity index (χ0v) is 20.0. The third-order valence-electron chi connectivity index (χ3n) is 6.47. The lowest BCUT2D eigenvalue weighted by Crippen LogP contribution is -2.50. The highest BCUT2D eigenvalue weighted by molar-refractivity contribution is 7.13. The number of nitrogens with one attached hydrogen (secondary N) is 1. The molecule has 2 aromatic rings. The van der Waals surface area contributed by atoms with Crippen LogP contribution < -0.4 is 5.32 Å². The fourth-order valence-electron chi connectivity index (χ4n) is 4.56. The first-order valence-corrected chi connectivity index (χ1v) is 12.1. The van der Waals surface area contributed by atoms with E-state index in [0.29, 0.717) is 17.4 Å². The number of benzene rings is 1.